The Bertz CT molecular complexity index is 775. The van der Waals surface area contributed by atoms with Gasteiger partial charge < -0.3 is 4.74 Å². The van der Waals surface area contributed by atoms with Crippen LogP contribution in [-0.4, -0.2) is 9.38 Å². The Labute approximate surface area is 128 Å². The highest BCUT2D eigenvalue weighted by Gasteiger charge is 2.14. The molecular weight excluding hydrogens is 347 g/mol. The van der Waals surface area contributed by atoms with Crippen molar-refractivity contribution < 1.29 is 9.13 Å². The Hall–Kier alpha value is -1.59. The van der Waals surface area contributed by atoms with Gasteiger partial charge in [-0.25, -0.2) is 4.39 Å². The van der Waals surface area contributed by atoms with Crippen LogP contribution < -0.4 is 4.74 Å². The zero-order chi connectivity index (χ0) is 14.1. The summed E-state index contributed by atoms with van der Waals surface area (Å²) in [5.74, 6) is 0.829. The van der Waals surface area contributed by atoms with Gasteiger partial charge in [-0.15, -0.1) is 11.6 Å². The molecule has 0 unspecified atom stereocenters. The number of imidazole rings is 1. The minimum Gasteiger partial charge on any atom is -0.436 e. The van der Waals surface area contributed by atoms with Crippen molar-refractivity contribution in [2.24, 2.45) is 0 Å². The molecule has 0 amide bonds. The molecule has 102 valence electrons. The Kier molecular flexibility index (Phi) is 3.63. The summed E-state index contributed by atoms with van der Waals surface area (Å²) in [5, 5.41) is 0. The van der Waals surface area contributed by atoms with Crippen LogP contribution in [0.2, 0.25) is 0 Å². The van der Waals surface area contributed by atoms with Gasteiger partial charge in [0.05, 0.1) is 10.4 Å². The third-order valence-corrected chi connectivity index (χ3v) is 3.69. The molecule has 20 heavy (non-hydrogen) atoms. The maximum Gasteiger partial charge on any atom is 0.242 e. The number of pyridine rings is 1. The number of aromatic nitrogens is 2. The molecule has 0 fully saturated rings. The summed E-state index contributed by atoms with van der Waals surface area (Å²) < 4.78 is 21.2. The van der Waals surface area contributed by atoms with E-state index in [0.29, 0.717) is 16.1 Å². The van der Waals surface area contributed by atoms with Crippen molar-refractivity contribution in [2.75, 3.05) is 0 Å². The number of hydrogen-bond acceptors (Lipinski definition) is 2. The fourth-order valence-corrected chi connectivity index (χ4v) is 2.57. The van der Waals surface area contributed by atoms with Gasteiger partial charge in [-0.1, -0.05) is 6.07 Å². The molecule has 0 saturated heterocycles. The molecule has 0 bridgehead atoms. The van der Waals surface area contributed by atoms with Crippen LogP contribution in [0, 0.1) is 5.82 Å². The van der Waals surface area contributed by atoms with E-state index in [2.05, 4.69) is 20.9 Å². The Morgan fingerprint density at radius 3 is 2.90 bits per heavy atom. The third-order valence-electron chi connectivity index (χ3n) is 2.82. The van der Waals surface area contributed by atoms with Crippen molar-refractivity contribution in [3.63, 3.8) is 0 Å². The van der Waals surface area contributed by atoms with E-state index in [1.54, 1.807) is 6.07 Å². The molecule has 3 nitrogen and oxygen atoms in total. The number of nitrogens with zero attached hydrogens (tertiary/aromatic N) is 2. The molecule has 0 atom stereocenters. The van der Waals surface area contributed by atoms with E-state index in [1.165, 1.54) is 12.1 Å². The van der Waals surface area contributed by atoms with Gasteiger partial charge in [0.25, 0.3) is 0 Å². The predicted molar refractivity (Wildman–Crippen MR) is 78.9 cm³/mol. The number of halogens is 3. The van der Waals surface area contributed by atoms with Gasteiger partial charge in [0.2, 0.25) is 5.88 Å². The first-order valence-electron chi connectivity index (χ1n) is 5.84. The normalized spacial score (nSPS) is 10.9. The number of alkyl halides is 1. The molecule has 1 aromatic carbocycles. The third kappa shape index (κ3) is 2.39. The van der Waals surface area contributed by atoms with Crippen LogP contribution in [0.4, 0.5) is 4.39 Å². The lowest BCUT2D eigenvalue weighted by molar-refractivity contribution is 0.457. The summed E-state index contributed by atoms with van der Waals surface area (Å²) in [4.78, 5) is 4.38. The van der Waals surface area contributed by atoms with Gasteiger partial charge in [0.15, 0.2) is 0 Å². The number of ether oxygens (including phenoxy) is 1. The lowest BCUT2D eigenvalue weighted by Gasteiger charge is -2.06. The Morgan fingerprint density at radius 1 is 1.30 bits per heavy atom. The average molecular weight is 356 g/mol. The molecule has 2 aromatic heterocycles. The molecule has 0 saturated carbocycles. The highest BCUT2D eigenvalue weighted by Crippen LogP contribution is 2.32. The number of fused-ring (bicyclic) bond motifs is 1. The summed E-state index contributed by atoms with van der Waals surface area (Å²) in [6.45, 7) is 0. The average Bonchev–Trinajstić information content (AvgIpc) is 2.79. The topological polar surface area (TPSA) is 26.5 Å². The van der Waals surface area contributed by atoms with Crippen LogP contribution >= 0.6 is 27.5 Å². The first kappa shape index (κ1) is 13.4. The molecule has 3 rings (SSSR count). The van der Waals surface area contributed by atoms with Gasteiger partial charge in [0, 0.05) is 6.20 Å². The lowest BCUT2D eigenvalue weighted by atomic mass is 10.3. The van der Waals surface area contributed by atoms with Gasteiger partial charge in [0.1, 0.15) is 22.9 Å². The molecule has 0 radical (unpaired) electrons. The van der Waals surface area contributed by atoms with E-state index in [4.69, 9.17) is 16.3 Å². The van der Waals surface area contributed by atoms with E-state index in [9.17, 15) is 4.39 Å². The monoisotopic (exact) mass is 354 g/mol. The standard InChI is InChI=1S/C14H9BrClFN2O/c15-10-7-9(17)4-5-12(10)20-14-11(8-16)19-6-2-1-3-13(19)18-14/h1-7H,8H2. The zero-order valence-corrected chi connectivity index (χ0v) is 12.5. The second-order valence-corrected chi connectivity index (χ2v) is 5.22. The van der Waals surface area contributed by atoms with Gasteiger partial charge >= 0.3 is 0 Å². The summed E-state index contributed by atoms with van der Waals surface area (Å²) in [6.07, 6.45) is 1.87. The Morgan fingerprint density at radius 2 is 2.15 bits per heavy atom. The van der Waals surface area contributed by atoms with Crippen LogP contribution in [0.5, 0.6) is 11.6 Å². The van der Waals surface area contributed by atoms with Gasteiger partial charge in [-0.3, -0.25) is 4.40 Å². The molecule has 0 spiro atoms. The predicted octanol–water partition coefficient (Wildman–Crippen LogP) is 4.77. The maximum absolute atomic E-state index is 13.1. The van der Waals surface area contributed by atoms with Crippen molar-refractivity contribution in [3.8, 4) is 11.6 Å². The fourth-order valence-electron chi connectivity index (χ4n) is 1.89. The van der Waals surface area contributed by atoms with E-state index in [0.717, 1.165) is 11.3 Å². The summed E-state index contributed by atoms with van der Waals surface area (Å²) in [5.41, 5.74) is 1.50. The molecule has 2 heterocycles. The molecule has 3 aromatic rings. The van der Waals surface area contributed by atoms with Crippen LogP contribution in [0.3, 0.4) is 0 Å². The summed E-state index contributed by atoms with van der Waals surface area (Å²) in [7, 11) is 0. The first-order chi connectivity index (χ1) is 9.69. The maximum atomic E-state index is 13.1. The molecule has 0 N–H and O–H groups in total. The SMILES string of the molecule is Fc1ccc(Oc2nc3ccccn3c2CCl)c(Br)c1. The van der Waals surface area contributed by atoms with Crippen molar-refractivity contribution in [2.45, 2.75) is 5.88 Å². The number of rotatable bonds is 3. The zero-order valence-electron chi connectivity index (χ0n) is 10.2. The van der Waals surface area contributed by atoms with Gasteiger partial charge in [-0.2, -0.15) is 4.98 Å². The first-order valence-corrected chi connectivity index (χ1v) is 7.16. The van der Waals surface area contributed by atoms with Crippen molar-refractivity contribution >= 4 is 33.2 Å². The number of hydrogen-bond donors (Lipinski definition) is 0. The second-order valence-electron chi connectivity index (χ2n) is 4.10. The Balaban J connectivity index is 2.06. The minimum absolute atomic E-state index is 0.263. The largest absolute Gasteiger partial charge is 0.436 e. The summed E-state index contributed by atoms with van der Waals surface area (Å²) in [6, 6.07) is 9.85. The van der Waals surface area contributed by atoms with Crippen LogP contribution in [0.1, 0.15) is 5.69 Å². The van der Waals surface area contributed by atoms with Crippen molar-refractivity contribution in [1.29, 1.82) is 0 Å². The van der Waals surface area contributed by atoms with Crippen LogP contribution in [0.15, 0.2) is 47.1 Å². The molecule has 0 aliphatic heterocycles. The van der Waals surface area contributed by atoms with Crippen LogP contribution in [0.25, 0.3) is 5.65 Å². The molecule has 0 aliphatic rings. The van der Waals surface area contributed by atoms with E-state index >= 15 is 0 Å². The minimum atomic E-state index is -0.336. The molecule has 6 heteroatoms. The van der Waals surface area contributed by atoms with E-state index in [1.807, 2.05) is 28.8 Å². The van der Waals surface area contributed by atoms with Crippen molar-refractivity contribution in [3.05, 3.63) is 58.6 Å². The van der Waals surface area contributed by atoms with Crippen molar-refractivity contribution in [1.82, 2.24) is 9.38 Å². The van der Waals surface area contributed by atoms with E-state index in [-0.39, 0.29) is 11.7 Å². The van der Waals surface area contributed by atoms with Gasteiger partial charge in [-0.05, 0) is 46.3 Å². The fraction of sp³-hybridized carbons (Fsp3) is 0.0714. The highest BCUT2D eigenvalue weighted by molar-refractivity contribution is 9.10. The van der Waals surface area contributed by atoms with Crippen LogP contribution in [-0.2, 0) is 5.88 Å². The van der Waals surface area contributed by atoms with E-state index < -0.39 is 0 Å². The molecular formula is C14H9BrClFN2O. The summed E-state index contributed by atoms with van der Waals surface area (Å²) >= 11 is 9.23. The highest BCUT2D eigenvalue weighted by atomic mass is 79.9. The second kappa shape index (κ2) is 5.42. The number of benzene rings is 1. The smallest absolute Gasteiger partial charge is 0.242 e. The quantitative estimate of drug-likeness (QED) is 0.633. The lowest BCUT2D eigenvalue weighted by Crippen LogP contribution is -1.92. The molecule has 0 aliphatic carbocycles.